The summed E-state index contributed by atoms with van der Waals surface area (Å²) in [6.45, 7) is 3.17. The molecule has 1 amide bonds. The smallest absolute Gasteiger partial charge is 0.243 e. The van der Waals surface area contributed by atoms with Crippen LogP contribution in [0.4, 0.5) is 0 Å². The number of carbonyl (C=O) groups excluding carboxylic acids is 1. The van der Waals surface area contributed by atoms with E-state index in [1.54, 1.807) is 44.3 Å². The van der Waals surface area contributed by atoms with Crippen molar-refractivity contribution in [1.29, 1.82) is 0 Å². The molecule has 0 aliphatic heterocycles. The molecule has 3 N–H and O–H groups in total. The van der Waals surface area contributed by atoms with Gasteiger partial charge < -0.3 is 10.4 Å². The summed E-state index contributed by atoms with van der Waals surface area (Å²) in [5.74, 6) is 0.722. The van der Waals surface area contributed by atoms with E-state index in [1.165, 1.54) is 6.07 Å². The lowest BCUT2D eigenvalue weighted by Gasteiger charge is -2.58. The molecule has 4 aliphatic rings. The first-order valence-electron chi connectivity index (χ1n) is 11.0. The van der Waals surface area contributed by atoms with E-state index < -0.39 is 21.2 Å². The van der Waals surface area contributed by atoms with Gasteiger partial charge in [0.2, 0.25) is 15.9 Å². The van der Waals surface area contributed by atoms with Crippen LogP contribution in [0.5, 0.6) is 0 Å². The highest BCUT2D eigenvalue weighted by atomic mass is 32.2. The number of carbonyl (C=O) groups is 1. The van der Waals surface area contributed by atoms with Crippen LogP contribution < -0.4 is 10.0 Å². The molecule has 4 fully saturated rings. The fourth-order valence-electron chi connectivity index (χ4n) is 6.28. The minimum absolute atomic E-state index is 0.00711. The van der Waals surface area contributed by atoms with E-state index >= 15 is 0 Å². The first kappa shape index (κ1) is 20.8. The molecule has 4 aliphatic carbocycles. The molecule has 1 aromatic carbocycles. The second-order valence-corrected chi connectivity index (χ2v) is 11.9. The number of aliphatic hydroxyl groups is 1. The van der Waals surface area contributed by atoms with Crippen LogP contribution in [0.1, 0.15) is 46.0 Å². The summed E-state index contributed by atoms with van der Waals surface area (Å²) < 4.78 is 29.0. The molecule has 4 saturated carbocycles. The zero-order valence-corrected chi connectivity index (χ0v) is 18.7. The van der Waals surface area contributed by atoms with E-state index in [-0.39, 0.29) is 28.7 Å². The van der Waals surface area contributed by atoms with Gasteiger partial charge in [-0.3, -0.25) is 9.78 Å². The average molecular weight is 444 g/mol. The molecule has 166 valence electrons. The van der Waals surface area contributed by atoms with Crippen molar-refractivity contribution in [1.82, 2.24) is 15.0 Å². The lowest BCUT2D eigenvalue weighted by molar-refractivity contribution is -0.148. The Labute approximate surface area is 182 Å². The molecule has 1 aromatic heterocycles. The topological polar surface area (TPSA) is 108 Å². The van der Waals surface area contributed by atoms with Crippen molar-refractivity contribution in [2.75, 3.05) is 0 Å². The van der Waals surface area contributed by atoms with Crippen LogP contribution in [0.2, 0.25) is 0 Å². The van der Waals surface area contributed by atoms with Crippen LogP contribution in [-0.4, -0.2) is 41.6 Å². The standard InChI is InChI=1S/C23H29N3O4S/c1-22(2,26-31(29,30)18-7-3-5-15-6-4-8-24-20(15)18)21(27)25-19-16-9-14-10-17(19)13-23(28,11-14)12-16/h3-8,14,16-17,19,26,28H,9-13H2,1-2H3,(H,25,27). The van der Waals surface area contributed by atoms with Gasteiger partial charge in [-0.15, -0.1) is 0 Å². The number of benzene rings is 1. The van der Waals surface area contributed by atoms with Crippen molar-refractivity contribution in [2.45, 2.75) is 68.0 Å². The number of para-hydroxylation sites is 1. The van der Waals surface area contributed by atoms with Crippen molar-refractivity contribution in [2.24, 2.45) is 17.8 Å². The minimum Gasteiger partial charge on any atom is -0.390 e. The molecular formula is C23H29N3O4S. The van der Waals surface area contributed by atoms with Crippen LogP contribution in [-0.2, 0) is 14.8 Å². The number of sulfonamides is 1. The SMILES string of the molecule is CC(C)(NS(=O)(=O)c1cccc2cccnc12)C(=O)NC1C2CC3CC1CC(O)(C3)C2. The normalized spacial score (nSPS) is 32.4. The van der Waals surface area contributed by atoms with Gasteiger partial charge in [0.1, 0.15) is 10.4 Å². The van der Waals surface area contributed by atoms with Gasteiger partial charge in [0, 0.05) is 17.6 Å². The van der Waals surface area contributed by atoms with E-state index in [4.69, 9.17) is 0 Å². The summed E-state index contributed by atoms with van der Waals surface area (Å²) in [4.78, 5) is 17.5. The molecule has 2 atom stereocenters. The largest absolute Gasteiger partial charge is 0.390 e. The number of nitrogens with one attached hydrogen (secondary N) is 2. The predicted octanol–water partition coefficient (Wildman–Crippen LogP) is 2.35. The number of pyridine rings is 1. The molecule has 0 radical (unpaired) electrons. The third kappa shape index (κ3) is 3.64. The Balaban J connectivity index is 1.35. The van der Waals surface area contributed by atoms with Crippen molar-refractivity contribution in [3.05, 3.63) is 36.5 Å². The molecule has 1 heterocycles. The van der Waals surface area contributed by atoms with Crippen molar-refractivity contribution in [3.8, 4) is 0 Å². The van der Waals surface area contributed by atoms with Crippen LogP contribution >= 0.6 is 0 Å². The summed E-state index contributed by atoms with van der Waals surface area (Å²) in [6.07, 6.45) is 5.93. The number of hydrogen-bond acceptors (Lipinski definition) is 5. The number of amides is 1. The number of hydrogen-bond donors (Lipinski definition) is 3. The van der Waals surface area contributed by atoms with E-state index in [9.17, 15) is 18.3 Å². The van der Waals surface area contributed by atoms with Crippen LogP contribution in [0.15, 0.2) is 41.4 Å². The summed E-state index contributed by atoms with van der Waals surface area (Å²) >= 11 is 0. The number of aromatic nitrogens is 1. The van der Waals surface area contributed by atoms with Gasteiger partial charge >= 0.3 is 0 Å². The Hall–Kier alpha value is -2.03. The maximum absolute atomic E-state index is 13.2. The van der Waals surface area contributed by atoms with E-state index in [0.717, 1.165) is 37.5 Å². The van der Waals surface area contributed by atoms with Gasteiger partial charge in [-0.05, 0) is 75.8 Å². The van der Waals surface area contributed by atoms with Gasteiger partial charge in [0.15, 0.2) is 0 Å². The first-order valence-corrected chi connectivity index (χ1v) is 12.5. The Morgan fingerprint density at radius 3 is 2.48 bits per heavy atom. The highest BCUT2D eigenvalue weighted by Crippen LogP contribution is 2.55. The van der Waals surface area contributed by atoms with E-state index in [1.807, 2.05) is 0 Å². The Morgan fingerprint density at radius 1 is 1.13 bits per heavy atom. The fourth-order valence-corrected chi connectivity index (χ4v) is 7.84. The van der Waals surface area contributed by atoms with Gasteiger partial charge in [0.25, 0.3) is 0 Å². The first-order chi connectivity index (χ1) is 14.6. The number of rotatable bonds is 5. The molecular weight excluding hydrogens is 414 g/mol. The molecule has 2 aromatic rings. The Morgan fingerprint density at radius 2 is 1.81 bits per heavy atom. The molecule has 2 unspecified atom stereocenters. The molecule has 0 saturated heterocycles. The van der Waals surface area contributed by atoms with Gasteiger partial charge in [-0.1, -0.05) is 18.2 Å². The Bertz CT molecular complexity index is 1130. The second-order valence-electron chi connectivity index (χ2n) is 10.3. The highest BCUT2D eigenvalue weighted by Gasteiger charge is 2.55. The zero-order valence-electron chi connectivity index (χ0n) is 17.8. The van der Waals surface area contributed by atoms with E-state index in [2.05, 4.69) is 15.0 Å². The summed E-state index contributed by atoms with van der Waals surface area (Å²) in [5.41, 5.74) is -1.53. The zero-order chi connectivity index (χ0) is 22.0. The highest BCUT2D eigenvalue weighted by molar-refractivity contribution is 7.89. The number of nitrogens with zero attached hydrogens (tertiary/aromatic N) is 1. The monoisotopic (exact) mass is 443 g/mol. The Kier molecular flexibility index (Phi) is 4.70. The van der Waals surface area contributed by atoms with Crippen LogP contribution in [0, 0.1) is 17.8 Å². The maximum Gasteiger partial charge on any atom is 0.243 e. The summed E-state index contributed by atoms with van der Waals surface area (Å²) in [5, 5.41) is 14.6. The number of fused-ring (bicyclic) bond motifs is 1. The van der Waals surface area contributed by atoms with Gasteiger partial charge in [-0.25, -0.2) is 8.42 Å². The second kappa shape index (κ2) is 6.98. The summed E-state index contributed by atoms with van der Waals surface area (Å²) in [7, 11) is -3.97. The van der Waals surface area contributed by atoms with Gasteiger partial charge in [0.05, 0.1) is 11.1 Å². The average Bonchev–Trinajstić information content (AvgIpc) is 2.68. The van der Waals surface area contributed by atoms with Crippen molar-refractivity contribution < 1.29 is 18.3 Å². The van der Waals surface area contributed by atoms with Crippen LogP contribution in [0.25, 0.3) is 10.9 Å². The lowest BCUT2D eigenvalue weighted by Crippen LogP contribution is -2.65. The molecule has 4 bridgehead atoms. The fraction of sp³-hybridized carbons (Fsp3) is 0.565. The molecule has 6 rings (SSSR count). The van der Waals surface area contributed by atoms with E-state index in [0.29, 0.717) is 11.4 Å². The molecule has 0 spiro atoms. The third-order valence-electron chi connectivity index (χ3n) is 7.38. The molecule has 7 nitrogen and oxygen atoms in total. The maximum atomic E-state index is 13.2. The predicted molar refractivity (Wildman–Crippen MR) is 117 cm³/mol. The third-order valence-corrected chi connectivity index (χ3v) is 9.07. The lowest BCUT2D eigenvalue weighted by atomic mass is 9.52. The quantitative estimate of drug-likeness (QED) is 0.657. The molecule has 8 heteroatoms. The van der Waals surface area contributed by atoms with Gasteiger partial charge in [-0.2, -0.15) is 4.72 Å². The van der Waals surface area contributed by atoms with Crippen molar-refractivity contribution >= 4 is 26.8 Å². The minimum atomic E-state index is -3.97. The summed E-state index contributed by atoms with van der Waals surface area (Å²) in [6, 6.07) is 8.53. The van der Waals surface area contributed by atoms with Crippen molar-refractivity contribution in [3.63, 3.8) is 0 Å². The molecule has 31 heavy (non-hydrogen) atoms. The van der Waals surface area contributed by atoms with Crippen LogP contribution in [0.3, 0.4) is 0 Å².